The van der Waals surface area contributed by atoms with Crippen LogP contribution in [0.2, 0.25) is 0 Å². The van der Waals surface area contributed by atoms with Crippen molar-refractivity contribution in [3.8, 4) is 39.3 Å². The Kier molecular flexibility index (Phi) is 5.84. The van der Waals surface area contributed by atoms with Gasteiger partial charge in [0.25, 0.3) is 0 Å². The van der Waals surface area contributed by atoms with Crippen molar-refractivity contribution in [2.45, 2.75) is 0 Å². The molecular weight excluding hydrogens is 585 g/mol. The summed E-state index contributed by atoms with van der Waals surface area (Å²) in [6.45, 7) is 0. The Balaban J connectivity index is 1.02. The van der Waals surface area contributed by atoms with Crippen LogP contribution in [0.5, 0.6) is 0 Å². The molecule has 4 nitrogen and oxygen atoms in total. The van der Waals surface area contributed by atoms with Gasteiger partial charge in [-0.2, -0.15) is 0 Å². The van der Waals surface area contributed by atoms with Crippen LogP contribution in [0, 0.1) is 0 Å². The molecule has 10 rings (SSSR count). The van der Waals surface area contributed by atoms with Gasteiger partial charge in [-0.1, -0.05) is 121 Å². The average molecular weight is 613 g/mol. The third-order valence-electron chi connectivity index (χ3n) is 9.53. The maximum absolute atomic E-state index is 5.10. The summed E-state index contributed by atoms with van der Waals surface area (Å²) in [4.78, 5) is 10.1. The molecule has 0 bridgehead atoms. The Morgan fingerprint density at radius 3 is 1.62 bits per heavy atom. The summed E-state index contributed by atoms with van der Waals surface area (Å²) >= 11 is 0. The first kappa shape index (κ1) is 26.7. The lowest BCUT2D eigenvalue weighted by molar-refractivity contribution is 1.10. The normalized spacial score (nSPS) is 11.8. The highest BCUT2D eigenvalue weighted by atomic mass is 15.1. The van der Waals surface area contributed by atoms with Crippen LogP contribution in [-0.4, -0.2) is 18.9 Å². The van der Waals surface area contributed by atoms with E-state index in [2.05, 4.69) is 167 Å². The zero-order valence-corrected chi connectivity index (χ0v) is 26.0. The molecule has 0 saturated carbocycles. The van der Waals surface area contributed by atoms with Crippen LogP contribution >= 0.6 is 0 Å². The molecule has 3 heterocycles. The SMILES string of the molecule is c1ccc(-n2c(-c3ccc(-c4ccc(-c5ccc6c7ccccc7n7c8ccccc8nc7c6c5)cc4)cc3)nc3ccccc32)cc1. The van der Waals surface area contributed by atoms with Crippen LogP contribution in [0.3, 0.4) is 0 Å². The van der Waals surface area contributed by atoms with Crippen molar-refractivity contribution in [3.63, 3.8) is 0 Å². The van der Waals surface area contributed by atoms with Gasteiger partial charge in [0, 0.05) is 22.0 Å². The van der Waals surface area contributed by atoms with Crippen molar-refractivity contribution in [3.05, 3.63) is 170 Å². The van der Waals surface area contributed by atoms with E-state index < -0.39 is 0 Å². The fourth-order valence-electron chi connectivity index (χ4n) is 7.22. The second-order valence-corrected chi connectivity index (χ2v) is 12.3. The van der Waals surface area contributed by atoms with E-state index in [0.29, 0.717) is 0 Å². The molecule has 0 radical (unpaired) electrons. The van der Waals surface area contributed by atoms with E-state index in [9.17, 15) is 0 Å². The molecule has 0 amide bonds. The molecule has 48 heavy (non-hydrogen) atoms. The lowest BCUT2D eigenvalue weighted by Crippen LogP contribution is -1.97. The van der Waals surface area contributed by atoms with Gasteiger partial charge in [-0.05, 0) is 76.2 Å². The summed E-state index contributed by atoms with van der Waals surface area (Å²) in [6.07, 6.45) is 0. The topological polar surface area (TPSA) is 35.1 Å². The quantitative estimate of drug-likeness (QED) is 0.185. The molecule has 0 aliphatic carbocycles. The molecule has 0 atom stereocenters. The summed E-state index contributed by atoms with van der Waals surface area (Å²) in [5.41, 5.74) is 13.3. The molecule has 0 fully saturated rings. The molecule has 0 aliphatic rings. The molecule has 0 spiro atoms. The second kappa shape index (κ2) is 10.5. The van der Waals surface area contributed by atoms with Gasteiger partial charge in [0.1, 0.15) is 11.5 Å². The molecule has 0 saturated heterocycles. The van der Waals surface area contributed by atoms with Crippen LogP contribution in [0.25, 0.3) is 88.7 Å². The van der Waals surface area contributed by atoms with Gasteiger partial charge in [0.15, 0.2) is 0 Å². The van der Waals surface area contributed by atoms with Crippen molar-refractivity contribution in [1.82, 2.24) is 18.9 Å². The number of nitrogens with zero attached hydrogens (tertiary/aromatic N) is 4. The van der Waals surface area contributed by atoms with Crippen LogP contribution in [-0.2, 0) is 0 Å². The maximum Gasteiger partial charge on any atom is 0.146 e. The molecule has 224 valence electrons. The fourth-order valence-corrected chi connectivity index (χ4v) is 7.22. The van der Waals surface area contributed by atoms with Gasteiger partial charge in [0.05, 0.1) is 27.6 Å². The van der Waals surface area contributed by atoms with Crippen molar-refractivity contribution in [2.75, 3.05) is 0 Å². The average Bonchev–Trinajstić information content (AvgIpc) is 3.75. The first-order chi connectivity index (χ1) is 23.8. The number of rotatable bonds is 4. The monoisotopic (exact) mass is 612 g/mol. The lowest BCUT2D eigenvalue weighted by atomic mass is 9.97. The van der Waals surface area contributed by atoms with E-state index in [1.54, 1.807) is 0 Å². The molecule has 0 unspecified atom stereocenters. The number of pyridine rings is 1. The number of benzene rings is 7. The minimum Gasteiger partial charge on any atom is -0.292 e. The minimum absolute atomic E-state index is 0.938. The van der Waals surface area contributed by atoms with E-state index in [-0.39, 0.29) is 0 Å². The summed E-state index contributed by atoms with van der Waals surface area (Å²) in [6, 6.07) is 60.2. The number of hydrogen-bond donors (Lipinski definition) is 0. The molecule has 4 heteroatoms. The third kappa shape index (κ3) is 4.10. The number of para-hydroxylation sites is 6. The minimum atomic E-state index is 0.938. The maximum atomic E-state index is 5.10. The fraction of sp³-hybridized carbons (Fsp3) is 0. The zero-order valence-electron chi connectivity index (χ0n) is 26.0. The highest BCUT2D eigenvalue weighted by Crippen LogP contribution is 2.36. The van der Waals surface area contributed by atoms with Gasteiger partial charge in [0.2, 0.25) is 0 Å². The second-order valence-electron chi connectivity index (χ2n) is 12.3. The standard InChI is InChI=1S/C44H28N4/c1-2-10-34(11-3-1)47-41-16-8-5-13-38(41)45-43(47)32-24-22-30(23-25-32)29-18-20-31(21-19-29)33-26-27-35-36-12-4-7-15-40(36)48-42-17-9-6-14-39(42)46-44(48)37(35)28-33/h1-28H. The number of hydrogen-bond acceptors (Lipinski definition) is 2. The Morgan fingerprint density at radius 2 is 0.896 bits per heavy atom. The smallest absolute Gasteiger partial charge is 0.146 e. The molecular formula is C44H28N4. The van der Waals surface area contributed by atoms with Gasteiger partial charge >= 0.3 is 0 Å². The van der Waals surface area contributed by atoms with Crippen molar-refractivity contribution in [1.29, 1.82) is 0 Å². The summed E-state index contributed by atoms with van der Waals surface area (Å²) in [5.74, 6) is 0.938. The van der Waals surface area contributed by atoms with Crippen LogP contribution in [0.15, 0.2) is 170 Å². The van der Waals surface area contributed by atoms with Crippen molar-refractivity contribution < 1.29 is 0 Å². The van der Waals surface area contributed by atoms with E-state index in [1.807, 2.05) is 12.1 Å². The third-order valence-corrected chi connectivity index (χ3v) is 9.53. The first-order valence-electron chi connectivity index (χ1n) is 16.3. The van der Waals surface area contributed by atoms with Gasteiger partial charge < -0.3 is 0 Å². The predicted molar refractivity (Wildman–Crippen MR) is 199 cm³/mol. The van der Waals surface area contributed by atoms with Crippen LogP contribution < -0.4 is 0 Å². The molecule has 10 aromatic rings. The zero-order chi connectivity index (χ0) is 31.6. The lowest BCUT2D eigenvalue weighted by Gasteiger charge is -2.11. The van der Waals surface area contributed by atoms with Gasteiger partial charge in [-0.3, -0.25) is 8.97 Å². The van der Waals surface area contributed by atoms with Crippen molar-refractivity contribution >= 4 is 49.4 Å². The van der Waals surface area contributed by atoms with Gasteiger partial charge in [-0.15, -0.1) is 0 Å². The number of aromatic nitrogens is 4. The van der Waals surface area contributed by atoms with E-state index in [1.165, 1.54) is 38.5 Å². The van der Waals surface area contributed by atoms with Crippen molar-refractivity contribution in [2.24, 2.45) is 0 Å². The Bertz CT molecular complexity index is 2810. The summed E-state index contributed by atoms with van der Waals surface area (Å²) in [7, 11) is 0. The first-order valence-corrected chi connectivity index (χ1v) is 16.3. The van der Waals surface area contributed by atoms with Crippen LogP contribution in [0.1, 0.15) is 0 Å². The highest BCUT2D eigenvalue weighted by Gasteiger charge is 2.16. The largest absolute Gasteiger partial charge is 0.292 e. The Hall–Kier alpha value is -6.52. The summed E-state index contributed by atoms with van der Waals surface area (Å²) < 4.78 is 4.55. The van der Waals surface area contributed by atoms with Crippen LogP contribution in [0.4, 0.5) is 0 Å². The van der Waals surface area contributed by atoms with Gasteiger partial charge in [-0.25, -0.2) is 9.97 Å². The molecule has 7 aromatic carbocycles. The summed E-state index contributed by atoms with van der Waals surface area (Å²) in [5, 5.41) is 3.60. The highest BCUT2D eigenvalue weighted by molar-refractivity contribution is 6.14. The Morgan fingerprint density at radius 1 is 0.354 bits per heavy atom. The number of fused-ring (bicyclic) bond motifs is 9. The van der Waals surface area contributed by atoms with E-state index >= 15 is 0 Å². The Labute approximate surface area is 276 Å². The van der Waals surface area contributed by atoms with E-state index in [0.717, 1.165) is 50.2 Å². The van der Waals surface area contributed by atoms with E-state index in [4.69, 9.17) is 9.97 Å². The molecule has 0 aliphatic heterocycles. The predicted octanol–water partition coefficient (Wildman–Crippen LogP) is 11.1. The number of imidazole rings is 2. The molecule has 3 aromatic heterocycles. The molecule has 0 N–H and O–H groups in total.